The van der Waals surface area contributed by atoms with Gasteiger partial charge in [0.05, 0.1) is 0 Å². The predicted molar refractivity (Wildman–Crippen MR) is 131 cm³/mol. The molecule has 3 atom stereocenters. The average Bonchev–Trinajstić information content (AvgIpc) is 3.30. The molecule has 2 unspecified atom stereocenters. The maximum atomic E-state index is 9.77. The Morgan fingerprint density at radius 1 is 0.882 bits per heavy atom. The molecule has 186 valence electrons. The summed E-state index contributed by atoms with van der Waals surface area (Å²) in [5.74, 6) is -3.54. The molecule has 0 radical (unpaired) electrons. The van der Waals surface area contributed by atoms with Gasteiger partial charge in [0, 0.05) is 45.8 Å². The number of carbonyl (C=O) groups is 2. The summed E-state index contributed by atoms with van der Waals surface area (Å²) >= 11 is 24.7. The van der Waals surface area contributed by atoms with E-state index in [0.29, 0.717) is 26.1 Å². The van der Waals surface area contributed by atoms with Gasteiger partial charge >= 0.3 is 11.9 Å². The number of hydrogen-bond donors (Lipinski definition) is 5. The second-order valence-corrected chi connectivity index (χ2v) is 9.28. The number of aliphatic carboxylic acids is 2. The van der Waals surface area contributed by atoms with Crippen LogP contribution in [0.15, 0.2) is 36.4 Å². The quantitative estimate of drug-likeness (QED) is 0.335. The normalized spacial score (nSPS) is 17.1. The molecule has 0 spiro atoms. The Morgan fingerprint density at radius 3 is 1.65 bits per heavy atom. The lowest BCUT2D eigenvalue weighted by atomic mass is 10.1. The number of nitrogens with one attached hydrogen (secondary N) is 1. The highest BCUT2D eigenvalue weighted by atomic mass is 35.5. The van der Waals surface area contributed by atoms with Crippen molar-refractivity contribution in [1.29, 1.82) is 0 Å². The fraction of sp³-hybridized carbons (Fsp3) is 0.364. The van der Waals surface area contributed by atoms with Crippen LogP contribution in [0.5, 0.6) is 0 Å². The highest BCUT2D eigenvalue weighted by Crippen LogP contribution is 2.27. The second kappa shape index (κ2) is 13.5. The third-order valence-electron chi connectivity index (χ3n) is 5.13. The highest BCUT2D eigenvalue weighted by molar-refractivity contribution is 6.35. The van der Waals surface area contributed by atoms with Gasteiger partial charge < -0.3 is 25.7 Å². The minimum Gasteiger partial charge on any atom is -0.479 e. The van der Waals surface area contributed by atoms with Gasteiger partial charge in [-0.05, 0) is 48.4 Å². The van der Waals surface area contributed by atoms with Crippen molar-refractivity contribution in [2.45, 2.75) is 37.8 Å². The van der Waals surface area contributed by atoms with Crippen LogP contribution in [0.25, 0.3) is 0 Å². The van der Waals surface area contributed by atoms with Gasteiger partial charge in [0.15, 0.2) is 12.2 Å². The van der Waals surface area contributed by atoms with Crippen molar-refractivity contribution in [3.63, 3.8) is 0 Å². The molecule has 0 bridgehead atoms. The van der Waals surface area contributed by atoms with E-state index in [1.807, 2.05) is 24.3 Å². The molecule has 1 aliphatic heterocycles. The Balaban J connectivity index is 0.000000347. The third-order valence-corrected chi connectivity index (χ3v) is 6.31. The lowest BCUT2D eigenvalue weighted by molar-refractivity contribution is -0.165. The van der Waals surface area contributed by atoms with Crippen LogP contribution in [-0.2, 0) is 22.7 Å². The summed E-state index contributed by atoms with van der Waals surface area (Å²) in [6.07, 6.45) is -3.42. The van der Waals surface area contributed by atoms with Crippen LogP contribution in [0.3, 0.4) is 0 Å². The molecule has 12 heteroatoms. The van der Waals surface area contributed by atoms with Gasteiger partial charge in [0.25, 0.3) is 0 Å². The predicted octanol–water partition coefficient (Wildman–Crippen LogP) is 3.54. The molecule has 1 heterocycles. The van der Waals surface area contributed by atoms with E-state index in [9.17, 15) is 9.59 Å². The highest BCUT2D eigenvalue weighted by Gasteiger charge is 2.29. The Kier molecular flexibility index (Phi) is 11.3. The first-order chi connectivity index (χ1) is 16.0. The third kappa shape index (κ3) is 8.55. The van der Waals surface area contributed by atoms with Crippen LogP contribution in [-0.4, -0.2) is 68.6 Å². The largest absolute Gasteiger partial charge is 0.479 e. The summed E-state index contributed by atoms with van der Waals surface area (Å²) in [7, 11) is 0. The molecule has 2 aromatic rings. The monoisotopic (exact) mass is 552 g/mol. The number of benzene rings is 2. The van der Waals surface area contributed by atoms with Gasteiger partial charge in [0.1, 0.15) is 0 Å². The fourth-order valence-corrected chi connectivity index (χ4v) is 4.21. The summed E-state index contributed by atoms with van der Waals surface area (Å²) in [6, 6.07) is 11.8. The molecule has 0 aliphatic carbocycles. The van der Waals surface area contributed by atoms with Crippen LogP contribution in [0.4, 0.5) is 0 Å². The van der Waals surface area contributed by atoms with E-state index in [2.05, 4.69) is 10.2 Å². The number of hydrogen-bond acceptors (Lipinski definition) is 6. The zero-order valence-electron chi connectivity index (χ0n) is 17.8. The van der Waals surface area contributed by atoms with Crippen molar-refractivity contribution in [3.05, 3.63) is 67.6 Å². The van der Waals surface area contributed by atoms with E-state index >= 15 is 0 Å². The first-order valence-corrected chi connectivity index (χ1v) is 11.6. The molecule has 1 aliphatic rings. The zero-order chi connectivity index (χ0) is 25.4. The SMILES string of the molecule is Clc1ccc(CN(Cc2ccc(Cl)cc2Cl)[C@H]2CCNC2)c(Cl)c1.O=C(O)C(O)C(O)C(=O)O. The summed E-state index contributed by atoms with van der Waals surface area (Å²) in [5, 5.41) is 38.6. The van der Waals surface area contributed by atoms with Gasteiger partial charge in [-0.15, -0.1) is 0 Å². The van der Waals surface area contributed by atoms with E-state index in [1.165, 1.54) is 0 Å². The van der Waals surface area contributed by atoms with Gasteiger partial charge in [0.2, 0.25) is 0 Å². The summed E-state index contributed by atoms with van der Waals surface area (Å²) in [6.45, 7) is 3.50. The number of nitrogens with zero attached hydrogens (tertiary/aromatic N) is 1. The standard InChI is InChI=1S/C18H18Cl4N2.C4H6O6/c19-14-3-1-12(17(21)7-14)10-24(16-5-6-23-9-16)11-13-2-4-15(20)8-18(13)22;5-1(3(7)8)2(6)4(9)10/h1-4,7-8,16,23H,5-6,9-11H2;1-2,5-6H,(H,7,8)(H,9,10)/t16-;/m0./s1. The molecular weight excluding hydrogens is 530 g/mol. The minimum absolute atomic E-state index is 0.448. The van der Waals surface area contributed by atoms with Crippen molar-refractivity contribution in [2.75, 3.05) is 13.1 Å². The molecule has 3 rings (SSSR count). The molecular formula is C22H24Cl4N2O6. The van der Waals surface area contributed by atoms with Crippen molar-refractivity contribution in [1.82, 2.24) is 10.2 Å². The molecule has 2 aromatic carbocycles. The lowest BCUT2D eigenvalue weighted by Gasteiger charge is -2.29. The van der Waals surface area contributed by atoms with E-state index in [1.54, 1.807) is 12.1 Å². The van der Waals surface area contributed by atoms with Crippen molar-refractivity contribution in [2.24, 2.45) is 0 Å². The van der Waals surface area contributed by atoms with E-state index in [0.717, 1.165) is 43.7 Å². The molecule has 5 N–H and O–H groups in total. The average molecular weight is 554 g/mol. The van der Waals surface area contributed by atoms with Crippen LogP contribution >= 0.6 is 46.4 Å². The molecule has 0 saturated carbocycles. The molecule has 1 saturated heterocycles. The van der Waals surface area contributed by atoms with E-state index in [4.69, 9.17) is 66.8 Å². The Bertz CT molecular complexity index is 932. The van der Waals surface area contributed by atoms with E-state index < -0.39 is 24.1 Å². The number of aliphatic hydroxyl groups excluding tert-OH is 2. The molecule has 0 amide bonds. The second-order valence-electron chi connectivity index (χ2n) is 7.59. The van der Waals surface area contributed by atoms with Gasteiger partial charge in [-0.1, -0.05) is 58.5 Å². The number of rotatable bonds is 8. The zero-order valence-corrected chi connectivity index (χ0v) is 20.8. The number of aliphatic hydroxyl groups is 2. The number of carboxylic acid groups (broad SMARTS) is 2. The molecule has 8 nitrogen and oxygen atoms in total. The number of carboxylic acids is 2. The first-order valence-electron chi connectivity index (χ1n) is 10.1. The minimum atomic E-state index is -2.27. The fourth-order valence-electron chi connectivity index (χ4n) is 3.27. The maximum Gasteiger partial charge on any atom is 0.335 e. The Labute approximate surface area is 216 Å². The van der Waals surface area contributed by atoms with Crippen LogP contribution in [0.2, 0.25) is 20.1 Å². The summed E-state index contributed by atoms with van der Waals surface area (Å²) in [5.41, 5.74) is 2.14. The van der Waals surface area contributed by atoms with Crippen molar-refractivity contribution in [3.8, 4) is 0 Å². The van der Waals surface area contributed by atoms with Crippen molar-refractivity contribution < 1.29 is 30.0 Å². The van der Waals surface area contributed by atoms with Crippen LogP contribution in [0, 0.1) is 0 Å². The Morgan fingerprint density at radius 2 is 1.32 bits per heavy atom. The molecule has 1 fully saturated rings. The van der Waals surface area contributed by atoms with Crippen molar-refractivity contribution >= 4 is 58.3 Å². The van der Waals surface area contributed by atoms with Gasteiger partial charge in [-0.25, -0.2) is 9.59 Å². The van der Waals surface area contributed by atoms with E-state index in [-0.39, 0.29) is 0 Å². The maximum absolute atomic E-state index is 9.77. The smallest absolute Gasteiger partial charge is 0.335 e. The first kappa shape index (κ1) is 28.6. The van der Waals surface area contributed by atoms with Gasteiger partial charge in [-0.2, -0.15) is 0 Å². The summed E-state index contributed by atoms with van der Waals surface area (Å²) in [4.78, 5) is 22.0. The van der Waals surface area contributed by atoms with Crippen LogP contribution in [0.1, 0.15) is 17.5 Å². The molecule has 0 aromatic heterocycles. The topological polar surface area (TPSA) is 130 Å². The molecule has 34 heavy (non-hydrogen) atoms. The Hall–Kier alpha value is -1.62. The number of halogens is 4. The van der Waals surface area contributed by atoms with Crippen LogP contribution < -0.4 is 5.32 Å². The van der Waals surface area contributed by atoms with Gasteiger partial charge in [-0.3, -0.25) is 4.90 Å². The summed E-state index contributed by atoms with van der Waals surface area (Å²) < 4.78 is 0. The lowest BCUT2D eigenvalue weighted by Crippen LogP contribution is -2.39.